The summed E-state index contributed by atoms with van der Waals surface area (Å²) in [4.78, 5) is 68.1. The van der Waals surface area contributed by atoms with Gasteiger partial charge in [-0.25, -0.2) is 14.8 Å². The van der Waals surface area contributed by atoms with Gasteiger partial charge in [-0.3, -0.25) is 19.3 Å². The number of carbonyl (C=O) groups is 4. The molecule has 1 aromatic carbocycles. The van der Waals surface area contributed by atoms with E-state index in [1.54, 1.807) is 13.0 Å². The molecule has 2 saturated heterocycles. The predicted molar refractivity (Wildman–Crippen MR) is 151 cm³/mol. The molecule has 13 heteroatoms. The lowest BCUT2D eigenvalue weighted by Gasteiger charge is -2.35. The summed E-state index contributed by atoms with van der Waals surface area (Å²) in [5.41, 5.74) is 1.56. The average molecular weight is 583 g/mol. The van der Waals surface area contributed by atoms with Crippen LogP contribution in [0.15, 0.2) is 36.4 Å². The number of piperazine rings is 1. The number of likely N-dealkylation sites (tertiary alicyclic amines) is 1. The van der Waals surface area contributed by atoms with Gasteiger partial charge in [0.25, 0.3) is 5.91 Å². The van der Waals surface area contributed by atoms with E-state index in [-0.39, 0.29) is 51.3 Å². The third-order valence-electron chi connectivity index (χ3n) is 7.14. The number of rotatable bonds is 11. The summed E-state index contributed by atoms with van der Waals surface area (Å²) in [5.74, 6) is -1.66. The number of carboxylic acids is 1. The number of amides is 2. The maximum Gasteiger partial charge on any atom is 0.527 e. The van der Waals surface area contributed by atoms with Crippen LogP contribution in [0.2, 0.25) is 0 Å². The summed E-state index contributed by atoms with van der Waals surface area (Å²) in [6.45, 7) is 5.28. The fraction of sp³-hybridized carbons (Fsp3) is 0.517. The number of aromatic nitrogens is 2. The van der Waals surface area contributed by atoms with Crippen LogP contribution >= 0.6 is 0 Å². The van der Waals surface area contributed by atoms with E-state index in [2.05, 4.69) is 15.2 Å². The Morgan fingerprint density at radius 1 is 0.976 bits per heavy atom. The van der Waals surface area contributed by atoms with Gasteiger partial charge in [0, 0.05) is 31.6 Å². The molecule has 1 atom stereocenters. The third kappa shape index (κ3) is 8.95. The van der Waals surface area contributed by atoms with Gasteiger partial charge in [-0.15, -0.1) is 5.06 Å². The van der Waals surface area contributed by atoms with Gasteiger partial charge in [-0.1, -0.05) is 36.8 Å². The molecule has 2 aliphatic rings. The maximum absolute atomic E-state index is 13.5. The highest BCUT2D eigenvalue weighted by Crippen LogP contribution is 2.19. The molecule has 3 heterocycles. The van der Waals surface area contributed by atoms with E-state index < -0.39 is 30.0 Å². The monoisotopic (exact) mass is 582 g/mol. The van der Waals surface area contributed by atoms with Gasteiger partial charge in [-0.05, 0) is 45.3 Å². The number of hydrogen-bond acceptors (Lipinski definition) is 10. The van der Waals surface area contributed by atoms with Crippen LogP contribution in [0.25, 0.3) is 11.4 Å². The van der Waals surface area contributed by atoms with Crippen LogP contribution in [0.5, 0.6) is 0 Å². The second-order valence-corrected chi connectivity index (χ2v) is 10.3. The normalized spacial score (nSPS) is 16.8. The Bertz CT molecular complexity index is 1230. The number of hydroxylamine groups is 2. The molecule has 42 heavy (non-hydrogen) atoms. The highest BCUT2D eigenvalue weighted by molar-refractivity contribution is 5.96. The van der Waals surface area contributed by atoms with Gasteiger partial charge >= 0.3 is 12.1 Å². The lowest BCUT2D eigenvalue weighted by Crippen LogP contribution is -2.55. The van der Waals surface area contributed by atoms with E-state index in [1.165, 1.54) is 16.4 Å². The molecule has 2 aromatic rings. The summed E-state index contributed by atoms with van der Waals surface area (Å²) in [5, 5.41) is 13.4. The first-order valence-electron chi connectivity index (χ1n) is 14.4. The lowest BCUT2D eigenvalue weighted by molar-refractivity contribution is -0.157. The molecule has 2 aliphatic heterocycles. The molecule has 0 radical (unpaired) electrons. The van der Waals surface area contributed by atoms with Crippen molar-refractivity contribution in [1.29, 1.82) is 0 Å². The van der Waals surface area contributed by atoms with Gasteiger partial charge in [-0.2, -0.15) is 0 Å². The number of hydrogen-bond donors (Lipinski definition) is 2. The molecule has 226 valence electrons. The van der Waals surface area contributed by atoms with Gasteiger partial charge in [0.2, 0.25) is 5.91 Å². The summed E-state index contributed by atoms with van der Waals surface area (Å²) in [6.07, 6.45) is 2.21. The third-order valence-corrected chi connectivity index (χ3v) is 7.14. The van der Waals surface area contributed by atoms with Crippen molar-refractivity contribution in [2.24, 2.45) is 0 Å². The number of piperidine rings is 1. The topological polar surface area (TPSA) is 154 Å². The summed E-state index contributed by atoms with van der Waals surface area (Å²) in [7, 11) is 0. The molecule has 0 aliphatic carbocycles. The number of carbonyl (C=O) groups excluding carboxylic acids is 3. The van der Waals surface area contributed by atoms with Gasteiger partial charge in [0.1, 0.15) is 11.7 Å². The smallest absolute Gasteiger partial charge is 0.481 e. The van der Waals surface area contributed by atoms with E-state index in [0.29, 0.717) is 18.1 Å². The first-order chi connectivity index (χ1) is 20.3. The summed E-state index contributed by atoms with van der Waals surface area (Å²) >= 11 is 0. The minimum Gasteiger partial charge on any atom is -0.481 e. The Hall–Kier alpha value is -4.10. The van der Waals surface area contributed by atoms with Crippen LogP contribution in [0.1, 0.15) is 55.2 Å². The van der Waals surface area contributed by atoms with Crippen LogP contribution < -0.4 is 5.32 Å². The largest absolute Gasteiger partial charge is 0.527 e. The highest BCUT2D eigenvalue weighted by atomic mass is 16.8. The van der Waals surface area contributed by atoms with Crippen molar-refractivity contribution in [2.75, 3.05) is 45.9 Å². The van der Waals surface area contributed by atoms with Gasteiger partial charge in [0.05, 0.1) is 25.4 Å². The number of ether oxygens (including phenoxy) is 1. The lowest BCUT2D eigenvalue weighted by atomic mass is 10.1. The van der Waals surface area contributed by atoms with Crippen molar-refractivity contribution in [2.45, 2.75) is 51.6 Å². The number of nitrogens with one attached hydrogen (secondary N) is 1. The zero-order valence-electron chi connectivity index (χ0n) is 23.9. The zero-order chi connectivity index (χ0) is 29.9. The Balaban J connectivity index is 1.49. The minimum atomic E-state index is -1.08. The van der Waals surface area contributed by atoms with Crippen LogP contribution in [0.3, 0.4) is 0 Å². The van der Waals surface area contributed by atoms with E-state index in [0.717, 1.165) is 31.5 Å². The van der Waals surface area contributed by atoms with E-state index in [4.69, 9.17) is 14.6 Å². The Morgan fingerprint density at radius 3 is 2.36 bits per heavy atom. The number of nitrogens with zero attached hydrogens (tertiary/aromatic N) is 5. The number of benzene rings is 1. The van der Waals surface area contributed by atoms with Crippen LogP contribution in [0.4, 0.5) is 4.79 Å². The van der Waals surface area contributed by atoms with Crippen LogP contribution in [0, 0.1) is 0 Å². The first-order valence-corrected chi connectivity index (χ1v) is 14.4. The first kappa shape index (κ1) is 30.8. The van der Waals surface area contributed by atoms with Crippen LogP contribution in [-0.4, -0.2) is 106 Å². The van der Waals surface area contributed by atoms with Crippen molar-refractivity contribution in [3.8, 4) is 11.4 Å². The quantitative estimate of drug-likeness (QED) is 0.375. The molecule has 0 bridgehead atoms. The number of carboxylic acid groups (broad SMARTS) is 1. The van der Waals surface area contributed by atoms with Crippen molar-refractivity contribution in [1.82, 2.24) is 30.1 Å². The highest BCUT2D eigenvalue weighted by Gasteiger charge is 2.31. The molecule has 0 spiro atoms. The Labute approximate surface area is 244 Å². The molecule has 4 rings (SSSR count). The molecule has 2 N–H and O–H groups in total. The minimum absolute atomic E-state index is 0.0866. The van der Waals surface area contributed by atoms with E-state index in [1.807, 2.05) is 30.3 Å². The molecular formula is C29H38N6O7. The summed E-state index contributed by atoms with van der Waals surface area (Å²) in [6, 6.07) is 9.92. The average Bonchev–Trinajstić information content (AvgIpc) is 3.00. The summed E-state index contributed by atoms with van der Waals surface area (Å²) < 4.78 is 4.79. The predicted octanol–water partition coefficient (Wildman–Crippen LogP) is 2.33. The van der Waals surface area contributed by atoms with Crippen molar-refractivity contribution in [3.05, 3.63) is 47.8 Å². The van der Waals surface area contributed by atoms with Crippen molar-refractivity contribution < 1.29 is 33.9 Å². The Morgan fingerprint density at radius 2 is 1.69 bits per heavy atom. The van der Waals surface area contributed by atoms with Gasteiger partial charge < -0.3 is 24.9 Å². The van der Waals surface area contributed by atoms with Crippen LogP contribution in [-0.2, 0) is 25.7 Å². The van der Waals surface area contributed by atoms with E-state index in [9.17, 15) is 24.3 Å². The molecule has 1 aromatic heterocycles. The van der Waals surface area contributed by atoms with Crippen molar-refractivity contribution >= 4 is 23.9 Å². The fourth-order valence-corrected chi connectivity index (χ4v) is 4.98. The molecule has 0 unspecified atom stereocenters. The molecule has 13 nitrogen and oxygen atoms in total. The fourth-order valence-electron chi connectivity index (χ4n) is 4.98. The second kappa shape index (κ2) is 15.2. The van der Waals surface area contributed by atoms with Crippen molar-refractivity contribution in [3.63, 3.8) is 0 Å². The second-order valence-electron chi connectivity index (χ2n) is 10.3. The maximum atomic E-state index is 13.5. The number of aliphatic carboxylic acids is 1. The molecular weight excluding hydrogens is 544 g/mol. The molecule has 2 fully saturated rings. The Kier molecular flexibility index (Phi) is 11.2. The van der Waals surface area contributed by atoms with Gasteiger partial charge in [0.15, 0.2) is 5.82 Å². The SMILES string of the molecule is CCOC(=O)ON1CCN(C(=O)[C@H](CCC(=O)O)NC(=O)c2cc(CN3CCCCC3)nc(-c3ccccc3)n2)CC1. The molecule has 0 saturated carbocycles. The van der Waals surface area contributed by atoms with E-state index >= 15 is 0 Å². The molecule has 2 amide bonds. The standard InChI is InChI=1S/C29H38N6O7/c1-2-41-29(40)42-35-17-15-34(16-18-35)28(39)23(11-12-25(36)37)32-27(38)24-19-22(20-33-13-7-4-8-14-33)30-26(31-24)21-9-5-3-6-10-21/h3,5-6,9-10,19,23H,2,4,7-8,11-18,20H2,1H3,(H,32,38)(H,36,37)/t23-/m0/s1. The zero-order valence-corrected chi connectivity index (χ0v) is 23.9.